The third kappa shape index (κ3) is 4.69. The fourth-order valence-corrected chi connectivity index (χ4v) is 3.66. The van der Waals surface area contributed by atoms with E-state index in [0.29, 0.717) is 21.2 Å². The molecule has 0 amide bonds. The van der Waals surface area contributed by atoms with Crippen molar-refractivity contribution in [1.82, 2.24) is 5.32 Å². The van der Waals surface area contributed by atoms with Crippen molar-refractivity contribution in [3.63, 3.8) is 0 Å². The number of halogens is 2. The molecule has 3 N–H and O–H groups in total. The zero-order valence-electron chi connectivity index (χ0n) is 10.0. The van der Waals surface area contributed by atoms with Gasteiger partial charge in [0.25, 0.3) is 0 Å². The lowest BCUT2D eigenvalue weighted by Crippen LogP contribution is -2.33. The lowest BCUT2D eigenvalue weighted by atomic mass is 10.3. The van der Waals surface area contributed by atoms with E-state index in [1.54, 1.807) is 11.3 Å². The highest BCUT2D eigenvalue weighted by Crippen LogP contribution is 2.31. The molecule has 0 spiro atoms. The Morgan fingerprint density at radius 1 is 1.42 bits per heavy atom. The van der Waals surface area contributed by atoms with Crippen LogP contribution in [0.3, 0.4) is 0 Å². The topological polar surface area (TPSA) is 50.4 Å². The summed E-state index contributed by atoms with van der Waals surface area (Å²) in [5.41, 5.74) is 6.69. The van der Waals surface area contributed by atoms with Crippen molar-refractivity contribution in [1.29, 1.82) is 0 Å². The number of nitrogens with one attached hydrogen (secondary N) is 1. The van der Waals surface area contributed by atoms with Crippen molar-refractivity contribution in [3.8, 4) is 0 Å². The van der Waals surface area contributed by atoms with E-state index >= 15 is 0 Å². The summed E-state index contributed by atoms with van der Waals surface area (Å²) >= 11 is 14.9. The van der Waals surface area contributed by atoms with Crippen molar-refractivity contribution >= 4 is 51.8 Å². The molecule has 0 saturated heterocycles. The van der Waals surface area contributed by atoms with Crippen molar-refractivity contribution in [3.05, 3.63) is 42.7 Å². The van der Waals surface area contributed by atoms with Crippen LogP contribution in [0.25, 0.3) is 0 Å². The summed E-state index contributed by atoms with van der Waals surface area (Å²) in [6.45, 7) is 1.22. The van der Waals surface area contributed by atoms with Gasteiger partial charge >= 0.3 is 0 Å². The van der Waals surface area contributed by atoms with Crippen molar-refractivity contribution < 1.29 is 0 Å². The van der Waals surface area contributed by atoms with E-state index in [1.807, 2.05) is 12.1 Å². The highest BCUT2D eigenvalue weighted by Gasteiger charge is 2.05. The quantitative estimate of drug-likeness (QED) is 0.646. The zero-order chi connectivity index (χ0) is 13.7. The maximum absolute atomic E-state index is 6.01. The van der Waals surface area contributed by atoms with Crippen LogP contribution in [0.15, 0.2) is 28.6 Å². The van der Waals surface area contributed by atoms with Gasteiger partial charge in [0.05, 0.1) is 15.2 Å². The second kappa shape index (κ2) is 7.14. The molecule has 102 valence electrons. The number of rotatable bonds is 5. The first-order valence-corrected chi connectivity index (χ1v) is 8.10. The Morgan fingerprint density at radius 2 is 2.26 bits per heavy atom. The summed E-state index contributed by atoms with van der Waals surface area (Å²) in [7, 11) is 0. The molecule has 2 heterocycles. The van der Waals surface area contributed by atoms with Gasteiger partial charge in [-0.15, -0.1) is 22.7 Å². The summed E-state index contributed by atoms with van der Waals surface area (Å²) in [6.07, 6.45) is 0.943. The van der Waals surface area contributed by atoms with Crippen LogP contribution in [0, 0.1) is 0 Å². The first kappa shape index (κ1) is 14.7. The molecule has 7 heteroatoms. The molecular formula is C12H13Cl2N3S2. The van der Waals surface area contributed by atoms with Gasteiger partial charge in [0, 0.05) is 17.0 Å². The van der Waals surface area contributed by atoms with Crippen LogP contribution in [0.1, 0.15) is 10.4 Å². The van der Waals surface area contributed by atoms with E-state index in [4.69, 9.17) is 28.9 Å². The van der Waals surface area contributed by atoms with Gasteiger partial charge in [-0.05, 0) is 23.9 Å². The van der Waals surface area contributed by atoms with Crippen LogP contribution in [0.2, 0.25) is 8.67 Å². The molecule has 0 bridgehead atoms. The van der Waals surface area contributed by atoms with Gasteiger partial charge in [0.1, 0.15) is 0 Å². The van der Waals surface area contributed by atoms with Crippen LogP contribution in [-0.2, 0) is 13.0 Å². The number of nitrogens with two attached hydrogens (primary N) is 1. The monoisotopic (exact) mass is 333 g/mol. The molecule has 0 radical (unpaired) electrons. The Kier molecular flexibility index (Phi) is 5.51. The number of aliphatic imine (C=N–C) groups is 1. The van der Waals surface area contributed by atoms with Gasteiger partial charge in [-0.3, -0.25) is 0 Å². The van der Waals surface area contributed by atoms with E-state index in [1.165, 1.54) is 16.2 Å². The largest absolute Gasteiger partial charge is 0.370 e. The number of nitrogens with zero attached hydrogens (tertiary/aromatic N) is 1. The molecular weight excluding hydrogens is 321 g/mol. The number of hydrogen-bond donors (Lipinski definition) is 2. The molecule has 3 nitrogen and oxygen atoms in total. The fourth-order valence-electron chi connectivity index (χ4n) is 1.48. The molecule has 0 aromatic carbocycles. The van der Waals surface area contributed by atoms with Gasteiger partial charge in [-0.2, -0.15) is 0 Å². The Morgan fingerprint density at radius 3 is 2.89 bits per heavy atom. The van der Waals surface area contributed by atoms with Gasteiger partial charge in [0.2, 0.25) is 0 Å². The smallest absolute Gasteiger partial charge is 0.188 e. The Bertz CT molecular complexity index is 549. The normalized spacial score (nSPS) is 11.8. The minimum Gasteiger partial charge on any atom is -0.370 e. The average molecular weight is 334 g/mol. The third-order valence-electron chi connectivity index (χ3n) is 2.40. The van der Waals surface area contributed by atoms with Crippen LogP contribution in [0.4, 0.5) is 0 Å². The van der Waals surface area contributed by atoms with E-state index in [9.17, 15) is 0 Å². The van der Waals surface area contributed by atoms with Crippen molar-refractivity contribution in [2.75, 3.05) is 6.54 Å². The van der Waals surface area contributed by atoms with Gasteiger partial charge in [-0.25, -0.2) is 4.99 Å². The molecule has 2 aromatic heterocycles. The molecule has 0 aliphatic rings. The van der Waals surface area contributed by atoms with Crippen LogP contribution in [-0.4, -0.2) is 12.5 Å². The van der Waals surface area contributed by atoms with Crippen molar-refractivity contribution in [2.45, 2.75) is 13.0 Å². The predicted octanol–water partition coefficient (Wildman–Crippen LogP) is 3.76. The van der Waals surface area contributed by atoms with E-state index in [2.05, 4.69) is 21.8 Å². The molecule has 2 rings (SSSR count). The first-order chi connectivity index (χ1) is 9.15. The number of thiophene rings is 2. The van der Waals surface area contributed by atoms with Gasteiger partial charge in [0.15, 0.2) is 5.96 Å². The number of guanidine groups is 1. The molecule has 0 unspecified atom stereocenters. The van der Waals surface area contributed by atoms with Crippen LogP contribution < -0.4 is 11.1 Å². The van der Waals surface area contributed by atoms with Gasteiger partial charge in [-0.1, -0.05) is 29.3 Å². The Labute approximate surface area is 130 Å². The minimum absolute atomic E-state index is 0.426. The lowest BCUT2D eigenvalue weighted by Gasteiger charge is -2.04. The maximum atomic E-state index is 6.01. The second-order valence-corrected chi connectivity index (χ2v) is 7.12. The SMILES string of the molecule is NC(=NCc1cc(Cl)sc1Cl)NCCc1cccs1. The molecule has 0 fully saturated rings. The van der Waals surface area contributed by atoms with E-state index in [0.717, 1.165) is 18.5 Å². The zero-order valence-corrected chi connectivity index (χ0v) is 13.2. The fraction of sp³-hybridized carbons (Fsp3) is 0.250. The van der Waals surface area contributed by atoms with Crippen molar-refractivity contribution in [2.24, 2.45) is 10.7 Å². The molecule has 0 aliphatic heterocycles. The molecule has 0 aliphatic carbocycles. The minimum atomic E-state index is 0.426. The summed E-state index contributed by atoms with van der Waals surface area (Å²) < 4.78 is 1.33. The lowest BCUT2D eigenvalue weighted by molar-refractivity contribution is 0.857. The molecule has 19 heavy (non-hydrogen) atoms. The summed E-state index contributed by atoms with van der Waals surface area (Å²) in [5.74, 6) is 0.426. The Hall–Kier alpha value is -0.750. The molecule has 0 saturated carbocycles. The maximum Gasteiger partial charge on any atom is 0.188 e. The molecule has 0 atom stereocenters. The summed E-state index contributed by atoms with van der Waals surface area (Å²) in [4.78, 5) is 5.56. The predicted molar refractivity (Wildman–Crippen MR) is 85.7 cm³/mol. The first-order valence-electron chi connectivity index (χ1n) is 5.65. The summed E-state index contributed by atoms with van der Waals surface area (Å²) in [6, 6.07) is 5.96. The average Bonchev–Trinajstić information content (AvgIpc) is 2.97. The second-order valence-electron chi connectivity index (χ2n) is 3.81. The van der Waals surface area contributed by atoms with Crippen LogP contribution in [0.5, 0.6) is 0 Å². The highest BCUT2D eigenvalue weighted by molar-refractivity contribution is 7.20. The Balaban J connectivity index is 1.78. The van der Waals surface area contributed by atoms with Crippen LogP contribution >= 0.6 is 45.9 Å². The van der Waals surface area contributed by atoms with E-state index < -0.39 is 0 Å². The summed E-state index contributed by atoms with van der Waals surface area (Å²) in [5, 5.41) is 5.14. The third-order valence-corrected chi connectivity index (χ3v) is 4.91. The number of hydrogen-bond acceptors (Lipinski definition) is 3. The highest BCUT2D eigenvalue weighted by atomic mass is 35.5. The van der Waals surface area contributed by atoms with Gasteiger partial charge < -0.3 is 11.1 Å². The molecule has 2 aromatic rings. The van der Waals surface area contributed by atoms with E-state index in [-0.39, 0.29) is 0 Å². The standard InChI is InChI=1S/C12H13Cl2N3S2/c13-10-6-8(11(14)19-10)7-17-12(15)16-4-3-9-2-1-5-18-9/h1-2,5-6H,3-4,7H2,(H3,15,16,17).